The number of carbonyl (C=O) groups excluding carboxylic acids is 1. The molecule has 7 nitrogen and oxygen atoms in total. The van der Waals surface area contributed by atoms with E-state index in [9.17, 15) is 9.90 Å². The Balaban J connectivity index is 1.57. The fourth-order valence-corrected chi connectivity index (χ4v) is 2.74. The zero-order valence-electron chi connectivity index (χ0n) is 14.7. The van der Waals surface area contributed by atoms with Crippen LogP contribution in [0.4, 0.5) is 0 Å². The third kappa shape index (κ3) is 3.25. The Bertz CT molecular complexity index is 1040. The molecule has 1 saturated carbocycles. The van der Waals surface area contributed by atoms with E-state index in [1.54, 1.807) is 36.4 Å². The maximum atomic E-state index is 12.2. The van der Waals surface area contributed by atoms with E-state index in [1.807, 2.05) is 6.92 Å². The number of amides is 1. The number of benzene rings is 1. The predicted octanol–water partition coefficient (Wildman–Crippen LogP) is 2.79. The topological polar surface area (TPSA) is 104 Å². The summed E-state index contributed by atoms with van der Waals surface area (Å²) in [6.07, 6.45) is 4.99. The first-order chi connectivity index (χ1) is 13.0. The smallest absolute Gasteiger partial charge is 0.253 e. The van der Waals surface area contributed by atoms with Crippen molar-refractivity contribution >= 4 is 5.91 Å². The first-order valence-electron chi connectivity index (χ1n) is 8.56. The number of aromatic nitrogens is 3. The highest BCUT2D eigenvalue weighted by Gasteiger charge is 2.38. The van der Waals surface area contributed by atoms with Gasteiger partial charge in [0.15, 0.2) is 5.82 Å². The Labute approximate surface area is 155 Å². The van der Waals surface area contributed by atoms with Crippen LogP contribution in [0.2, 0.25) is 0 Å². The van der Waals surface area contributed by atoms with Gasteiger partial charge in [0.25, 0.3) is 5.91 Å². The van der Waals surface area contributed by atoms with Gasteiger partial charge in [-0.05, 0) is 49.6 Å². The van der Waals surface area contributed by atoms with Gasteiger partial charge in [0.1, 0.15) is 0 Å². The van der Waals surface area contributed by atoms with Crippen molar-refractivity contribution in [3.05, 3.63) is 59.9 Å². The average molecular weight is 359 g/mol. The number of rotatable bonds is 4. The van der Waals surface area contributed by atoms with Crippen molar-refractivity contribution in [2.45, 2.75) is 25.3 Å². The van der Waals surface area contributed by atoms with Crippen LogP contribution >= 0.6 is 0 Å². The molecule has 1 amide bonds. The van der Waals surface area contributed by atoms with E-state index >= 15 is 0 Å². The average Bonchev–Trinajstić information content (AvgIpc) is 3.29. The number of nitrogens with zero attached hydrogens (tertiary/aromatic N) is 4. The molecule has 0 saturated heterocycles. The highest BCUT2D eigenvalue weighted by Crippen LogP contribution is 2.34. The van der Waals surface area contributed by atoms with Gasteiger partial charge in [-0.2, -0.15) is 15.0 Å². The van der Waals surface area contributed by atoms with Crippen molar-refractivity contribution in [3.8, 4) is 28.9 Å². The molecule has 1 aliphatic rings. The fourth-order valence-electron chi connectivity index (χ4n) is 2.74. The lowest BCUT2D eigenvalue weighted by Crippen LogP contribution is -2.34. The molecule has 4 rings (SSSR count). The monoisotopic (exact) mass is 359 g/mol. The molecule has 2 N–H and O–H groups in total. The van der Waals surface area contributed by atoms with Crippen molar-refractivity contribution in [2.75, 3.05) is 0 Å². The second-order valence-corrected chi connectivity index (χ2v) is 6.90. The van der Waals surface area contributed by atoms with Crippen LogP contribution in [-0.4, -0.2) is 31.3 Å². The standard InChI is InChI=1S/C20H17N5O2/c1-20(8-9-20)24-18(26)15-6-7-17(22-11-15)25-19(27)16(12-23-25)14-4-2-13(10-21)3-5-14/h2-7,11-12,27H,8-9H2,1H3,(H,24,26). The molecular weight excluding hydrogens is 342 g/mol. The Morgan fingerprint density at radius 3 is 2.56 bits per heavy atom. The number of hydrogen-bond acceptors (Lipinski definition) is 5. The lowest BCUT2D eigenvalue weighted by Gasteiger charge is -2.11. The van der Waals surface area contributed by atoms with Gasteiger partial charge in [-0.25, -0.2) is 4.98 Å². The molecule has 0 radical (unpaired) electrons. The summed E-state index contributed by atoms with van der Waals surface area (Å²) >= 11 is 0. The molecule has 134 valence electrons. The fraction of sp³-hybridized carbons (Fsp3) is 0.200. The van der Waals surface area contributed by atoms with E-state index in [2.05, 4.69) is 21.5 Å². The van der Waals surface area contributed by atoms with Crippen LogP contribution in [0.25, 0.3) is 16.9 Å². The molecule has 27 heavy (non-hydrogen) atoms. The SMILES string of the molecule is CC1(NC(=O)c2ccc(-n3ncc(-c4ccc(C#N)cc4)c3O)nc2)CC1. The van der Waals surface area contributed by atoms with Crippen molar-refractivity contribution in [1.82, 2.24) is 20.1 Å². The number of aromatic hydroxyl groups is 1. The summed E-state index contributed by atoms with van der Waals surface area (Å²) in [6, 6.07) is 12.2. The van der Waals surface area contributed by atoms with E-state index in [1.165, 1.54) is 17.1 Å². The molecule has 1 aromatic carbocycles. The summed E-state index contributed by atoms with van der Waals surface area (Å²) in [6.45, 7) is 2.01. The van der Waals surface area contributed by atoms with Crippen molar-refractivity contribution in [2.24, 2.45) is 0 Å². The normalized spacial score (nSPS) is 14.4. The van der Waals surface area contributed by atoms with E-state index in [0.29, 0.717) is 22.5 Å². The van der Waals surface area contributed by atoms with Crippen LogP contribution in [0, 0.1) is 11.3 Å². The zero-order valence-corrected chi connectivity index (χ0v) is 14.7. The van der Waals surface area contributed by atoms with Crippen molar-refractivity contribution < 1.29 is 9.90 Å². The van der Waals surface area contributed by atoms with Gasteiger partial charge in [0.05, 0.1) is 29.0 Å². The van der Waals surface area contributed by atoms with Crippen LogP contribution in [0.15, 0.2) is 48.8 Å². The zero-order chi connectivity index (χ0) is 19.0. The van der Waals surface area contributed by atoms with Gasteiger partial charge < -0.3 is 10.4 Å². The minimum atomic E-state index is -0.156. The van der Waals surface area contributed by atoms with Gasteiger partial charge in [0, 0.05) is 11.7 Å². The molecule has 1 fully saturated rings. The summed E-state index contributed by atoms with van der Waals surface area (Å²) in [5.74, 6) is 0.188. The molecule has 0 unspecified atom stereocenters. The predicted molar refractivity (Wildman–Crippen MR) is 98.3 cm³/mol. The van der Waals surface area contributed by atoms with Crippen molar-refractivity contribution in [1.29, 1.82) is 5.26 Å². The first-order valence-corrected chi connectivity index (χ1v) is 8.56. The summed E-state index contributed by atoms with van der Waals surface area (Å²) < 4.78 is 1.30. The van der Waals surface area contributed by atoms with Gasteiger partial charge in [-0.15, -0.1) is 0 Å². The third-order valence-electron chi connectivity index (χ3n) is 4.71. The summed E-state index contributed by atoms with van der Waals surface area (Å²) in [5, 5.41) is 26.6. The Hall–Kier alpha value is -3.66. The molecule has 3 aromatic rings. The first kappa shape index (κ1) is 16.8. The van der Waals surface area contributed by atoms with E-state index in [-0.39, 0.29) is 17.3 Å². The summed E-state index contributed by atoms with van der Waals surface area (Å²) in [5.41, 5.74) is 2.19. The second-order valence-electron chi connectivity index (χ2n) is 6.90. The number of hydrogen-bond donors (Lipinski definition) is 2. The van der Waals surface area contributed by atoms with E-state index < -0.39 is 0 Å². The van der Waals surface area contributed by atoms with Crippen LogP contribution in [0.3, 0.4) is 0 Å². The van der Waals surface area contributed by atoms with Crippen LogP contribution < -0.4 is 5.32 Å². The molecule has 0 spiro atoms. The Kier molecular flexibility index (Phi) is 3.89. The van der Waals surface area contributed by atoms with E-state index in [4.69, 9.17) is 5.26 Å². The lowest BCUT2D eigenvalue weighted by atomic mass is 10.1. The molecule has 1 aliphatic carbocycles. The number of pyridine rings is 1. The van der Waals surface area contributed by atoms with E-state index in [0.717, 1.165) is 18.4 Å². The van der Waals surface area contributed by atoms with Crippen LogP contribution in [0.1, 0.15) is 35.7 Å². The molecule has 0 atom stereocenters. The van der Waals surface area contributed by atoms with Gasteiger partial charge in [0.2, 0.25) is 5.88 Å². The Morgan fingerprint density at radius 2 is 1.96 bits per heavy atom. The van der Waals surface area contributed by atoms with Crippen LogP contribution in [-0.2, 0) is 0 Å². The van der Waals surface area contributed by atoms with Gasteiger partial charge >= 0.3 is 0 Å². The summed E-state index contributed by atoms with van der Waals surface area (Å²) in [4.78, 5) is 16.5. The minimum absolute atomic E-state index is 0.0603. The number of carbonyl (C=O) groups is 1. The Morgan fingerprint density at radius 1 is 1.22 bits per heavy atom. The maximum absolute atomic E-state index is 12.2. The van der Waals surface area contributed by atoms with Crippen LogP contribution in [0.5, 0.6) is 5.88 Å². The molecule has 7 heteroatoms. The highest BCUT2D eigenvalue weighted by molar-refractivity contribution is 5.94. The van der Waals surface area contributed by atoms with Gasteiger partial charge in [-0.3, -0.25) is 4.79 Å². The number of nitriles is 1. The molecule has 0 bridgehead atoms. The van der Waals surface area contributed by atoms with Crippen molar-refractivity contribution in [3.63, 3.8) is 0 Å². The largest absolute Gasteiger partial charge is 0.493 e. The highest BCUT2D eigenvalue weighted by atomic mass is 16.3. The molecule has 0 aliphatic heterocycles. The quantitative estimate of drug-likeness (QED) is 0.745. The minimum Gasteiger partial charge on any atom is -0.493 e. The van der Waals surface area contributed by atoms with Gasteiger partial charge in [-0.1, -0.05) is 12.1 Å². The maximum Gasteiger partial charge on any atom is 0.253 e. The second kappa shape index (κ2) is 6.25. The molecule has 2 aromatic heterocycles. The third-order valence-corrected chi connectivity index (χ3v) is 4.71. The summed E-state index contributed by atoms with van der Waals surface area (Å²) in [7, 11) is 0. The number of nitrogens with one attached hydrogen (secondary N) is 1. The molecule has 2 heterocycles. The molecular formula is C20H17N5O2. The lowest BCUT2D eigenvalue weighted by molar-refractivity contribution is 0.0935.